The Kier molecular flexibility index (Phi) is 9.93. The van der Waals surface area contributed by atoms with Crippen molar-refractivity contribution in [3.63, 3.8) is 0 Å². The third-order valence-corrected chi connectivity index (χ3v) is 6.97. The number of hydrazine groups is 1. The Hall–Kier alpha value is -2.16. The molecule has 2 aliphatic rings. The van der Waals surface area contributed by atoms with Crippen molar-refractivity contribution < 1.29 is 9.90 Å². The van der Waals surface area contributed by atoms with Gasteiger partial charge in [-0.05, 0) is 37.8 Å². The molecule has 1 amide bonds. The van der Waals surface area contributed by atoms with Crippen molar-refractivity contribution in [2.24, 2.45) is 23.4 Å². The van der Waals surface area contributed by atoms with Crippen molar-refractivity contribution >= 4 is 28.0 Å². The normalized spacial score (nSPS) is 21.5. The van der Waals surface area contributed by atoms with Crippen molar-refractivity contribution in [3.8, 4) is 0 Å². The van der Waals surface area contributed by atoms with Crippen LogP contribution in [0.3, 0.4) is 0 Å². The van der Waals surface area contributed by atoms with Crippen LogP contribution in [0.25, 0.3) is 10.2 Å². The summed E-state index contributed by atoms with van der Waals surface area (Å²) in [6.45, 7) is 10.8. The number of aliphatic hydroxyl groups excluding tert-OH is 1. The zero-order valence-corrected chi connectivity index (χ0v) is 20.8. The Morgan fingerprint density at radius 2 is 1.94 bits per heavy atom. The molecule has 0 radical (unpaired) electrons. The second-order valence-electron chi connectivity index (χ2n) is 8.56. The van der Waals surface area contributed by atoms with E-state index in [1.54, 1.807) is 21.2 Å². The smallest absolute Gasteiger partial charge is 0.210 e. The third-order valence-electron chi connectivity index (χ3n) is 5.83. The van der Waals surface area contributed by atoms with Crippen molar-refractivity contribution in [2.75, 3.05) is 6.54 Å². The van der Waals surface area contributed by atoms with Gasteiger partial charge in [-0.1, -0.05) is 39.8 Å². The van der Waals surface area contributed by atoms with Gasteiger partial charge in [0.15, 0.2) is 0 Å². The Labute approximate surface area is 196 Å². The van der Waals surface area contributed by atoms with E-state index in [2.05, 4.69) is 25.8 Å². The quantitative estimate of drug-likeness (QED) is 0.341. The van der Waals surface area contributed by atoms with E-state index in [9.17, 15) is 9.90 Å². The van der Waals surface area contributed by atoms with Gasteiger partial charge < -0.3 is 20.7 Å². The number of hydrogen-bond donors (Lipinski definition) is 3. The molecule has 1 saturated carbocycles. The fraction of sp³-hybridized carbons (Fsp3) is 0.583. The summed E-state index contributed by atoms with van der Waals surface area (Å²) in [7, 11) is 0. The van der Waals surface area contributed by atoms with Gasteiger partial charge in [-0.2, -0.15) is 0 Å². The monoisotopic (exact) mass is 461 g/mol. The number of rotatable bonds is 6. The number of carbonyl (C=O) groups is 1. The minimum absolute atomic E-state index is 0.0695. The number of aromatic nitrogens is 1. The molecule has 32 heavy (non-hydrogen) atoms. The van der Waals surface area contributed by atoms with Crippen molar-refractivity contribution in [3.05, 3.63) is 41.2 Å². The topological polar surface area (TPSA) is 109 Å². The summed E-state index contributed by atoms with van der Waals surface area (Å²) in [4.78, 5) is 17.1. The summed E-state index contributed by atoms with van der Waals surface area (Å²) in [5.74, 6) is 7.01. The average molecular weight is 462 g/mol. The zero-order valence-electron chi connectivity index (χ0n) is 19.9. The molecule has 178 valence electrons. The van der Waals surface area contributed by atoms with Gasteiger partial charge in [0.2, 0.25) is 6.41 Å². The predicted octanol–water partition coefficient (Wildman–Crippen LogP) is 4.00. The molecular weight excluding hydrogens is 422 g/mol. The SMILES string of the molecule is CC.CC(C)C(C)N(N)/C=C(\N)C1CC1.O=CN1CC(O)CC1c1nc2ccccc2s1. The second kappa shape index (κ2) is 12.2. The van der Waals surface area contributed by atoms with Crippen LogP contribution in [0.2, 0.25) is 0 Å². The molecular formula is C24H39N5O2S. The Bertz CT molecular complexity index is 847. The molecule has 2 aromatic rings. The molecule has 0 spiro atoms. The first-order chi connectivity index (χ1) is 15.3. The van der Waals surface area contributed by atoms with Gasteiger partial charge >= 0.3 is 0 Å². The molecule has 8 heteroatoms. The van der Waals surface area contributed by atoms with E-state index >= 15 is 0 Å². The van der Waals surface area contributed by atoms with Crippen LogP contribution in [0.1, 0.15) is 64.9 Å². The minimum atomic E-state index is -0.433. The number of aliphatic hydroxyl groups is 1. The Morgan fingerprint density at radius 3 is 2.50 bits per heavy atom. The largest absolute Gasteiger partial charge is 0.401 e. The Morgan fingerprint density at radius 1 is 1.28 bits per heavy atom. The first-order valence-corrected chi connectivity index (χ1v) is 12.4. The van der Waals surface area contributed by atoms with Gasteiger partial charge in [-0.15, -0.1) is 11.3 Å². The number of para-hydroxylation sites is 1. The highest BCUT2D eigenvalue weighted by molar-refractivity contribution is 7.18. The number of nitrogens with zero attached hydrogens (tertiary/aromatic N) is 3. The van der Waals surface area contributed by atoms with E-state index in [1.165, 1.54) is 12.8 Å². The molecule has 3 unspecified atom stereocenters. The molecule has 2 heterocycles. The highest BCUT2D eigenvalue weighted by Crippen LogP contribution is 2.35. The van der Waals surface area contributed by atoms with Gasteiger partial charge in [0.1, 0.15) is 5.01 Å². The molecule has 5 N–H and O–H groups in total. The van der Waals surface area contributed by atoms with Crippen LogP contribution in [-0.2, 0) is 4.79 Å². The molecule has 1 aromatic carbocycles. The summed E-state index contributed by atoms with van der Waals surface area (Å²) < 4.78 is 1.12. The van der Waals surface area contributed by atoms with Crippen LogP contribution in [0.5, 0.6) is 0 Å². The standard InChI is InChI=1S/C12H12N2O2S.C10H21N3.C2H6/c15-7-14-6-8(16)5-10(14)12-13-9-3-1-2-4-11(9)17-12;1-7(2)8(3)13(12)6-10(11)9-4-5-9;1-2/h1-4,7-8,10,16H,5-6H2;6-9H,4-5,11-12H2,1-3H3;1-2H3/b;10-6-;. The van der Waals surface area contributed by atoms with E-state index in [0.717, 1.165) is 27.3 Å². The highest BCUT2D eigenvalue weighted by Gasteiger charge is 2.33. The van der Waals surface area contributed by atoms with Gasteiger partial charge in [0.05, 0.1) is 22.4 Å². The number of hydrogen-bond acceptors (Lipinski definition) is 7. The number of fused-ring (bicyclic) bond motifs is 1. The van der Waals surface area contributed by atoms with E-state index in [0.29, 0.717) is 30.8 Å². The second-order valence-corrected chi connectivity index (χ2v) is 9.62. The first kappa shape index (κ1) is 26.1. The maximum Gasteiger partial charge on any atom is 0.210 e. The summed E-state index contributed by atoms with van der Waals surface area (Å²) >= 11 is 1.59. The summed E-state index contributed by atoms with van der Waals surface area (Å²) in [6.07, 6.45) is 5.30. The van der Waals surface area contributed by atoms with Crippen molar-refractivity contribution in [1.82, 2.24) is 14.9 Å². The number of likely N-dealkylation sites (tertiary alicyclic amines) is 1. The molecule has 0 bridgehead atoms. The van der Waals surface area contributed by atoms with Crippen molar-refractivity contribution in [2.45, 2.75) is 72.1 Å². The number of thiazole rings is 1. The van der Waals surface area contributed by atoms with Crippen LogP contribution in [0, 0.1) is 11.8 Å². The molecule has 7 nitrogen and oxygen atoms in total. The number of benzene rings is 1. The van der Waals surface area contributed by atoms with Crippen LogP contribution < -0.4 is 11.6 Å². The lowest BCUT2D eigenvalue weighted by atomic mass is 10.1. The fourth-order valence-electron chi connectivity index (χ4n) is 3.39. The number of nitrogens with two attached hydrogens (primary N) is 2. The summed E-state index contributed by atoms with van der Waals surface area (Å²) in [5.41, 5.74) is 7.76. The van der Waals surface area contributed by atoms with E-state index in [4.69, 9.17) is 11.6 Å². The van der Waals surface area contributed by atoms with Crippen LogP contribution in [0.4, 0.5) is 0 Å². The van der Waals surface area contributed by atoms with E-state index in [1.807, 2.05) is 44.3 Å². The number of β-amino-alcohol motifs (C(OH)–C–C–N with tert-alkyl or cyclic N) is 1. The molecule has 2 fully saturated rings. The van der Waals surface area contributed by atoms with Gasteiger partial charge in [-0.3, -0.25) is 4.79 Å². The molecule has 1 aliphatic carbocycles. The van der Waals surface area contributed by atoms with Crippen LogP contribution in [-0.4, -0.2) is 45.1 Å². The summed E-state index contributed by atoms with van der Waals surface area (Å²) in [5, 5.41) is 12.3. The zero-order chi connectivity index (χ0) is 23.8. The number of carbonyl (C=O) groups excluding carboxylic acids is 1. The Balaban J connectivity index is 0.000000218. The molecule has 1 saturated heterocycles. The van der Waals surface area contributed by atoms with Crippen molar-refractivity contribution in [1.29, 1.82) is 0 Å². The molecule has 1 aromatic heterocycles. The molecule has 4 rings (SSSR count). The van der Waals surface area contributed by atoms with Gasteiger partial charge in [-0.25, -0.2) is 10.8 Å². The van der Waals surface area contributed by atoms with E-state index < -0.39 is 6.10 Å². The maximum absolute atomic E-state index is 10.9. The predicted molar refractivity (Wildman–Crippen MR) is 132 cm³/mol. The lowest BCUT2D eigenvalue weighted by molar-refractivity contribution is -0.119. The van der Waals surface area contributed by atoms with Crippen LogP contribution >= 0.6 is 11.3 Å². The highest BCUT2D eigenvalue weighted by atomic mass is 32.1. The van der Waals surface area contributed by atoms with Gasteiger partial charge in [0, 0.05) is 36.8 Å². The minimum Gasteiger partial charge on any atom is -0.401 e. The number of amides is 1. The van der Waals surface area contributed by atoms with E-state index in [-0.39, 0.29) is 6.04 Å². The first-order valence-electron chi connectivity index (χ1n) is 11.5. The molecule has 1 aliphatic heterocycles. The molecule has 3 atom stereocenters. The van der Waals surface area contributed by atoms with Gasteiger partial charge in [0.25, 0.3) is 0 Å². The summed E-state index contributed by atoms with van der Waals surface area (Å²) in [6, 6.07) is 8.19. The fourth-order valence-corrected chi connectivity index (χ4v) is 4.49. The average Bonchev–Trinajstić information content (AvgIpc) is 3.45. The maximum atomic E-state index is 10.9. The third kappa shape index (κ3) is 6.92. The lowest BCUT2D eigenvalue weighted by Gasteiger charge is -2.26. The lowest BCUT2D eigenvalue weighted by Crippen LogP contribution is -2.38. The van der Waals surface area contributed by atoms with Crippen LogP contribution in [0.15, 0.2) is 36.2 Å². The number of allylic oxidation sites excluding steroid dienone is 1.